The number of benzene rings is 1. The first-order valence-electron chi connectivity index (χ1n) is 3.68. The number of hydrogen-bond acceptors (Lipinski definition) is 2. The molecular weight excluding hydrogens is 320 g/mol. The molecule has 1 rings (SSSR count). The summed E-state index contributed by atoms with van der Waals surface area (Å²) in [6.07, 6.45) is 0. The maximum absolute atomic E-state index is 5.68. The second-order valence-corrected chi connectivity index (χ2v) is 4.39. The summed E-state index contributed by atoms with van der Waals surface area (Å²) in [7, 11) is 4.05. The van der Waals surface area contributed by atoms with Crippen molar-refractivity contribution in [1.82, 2.24) is 0 Å². The molecule has 2 nitrogen and oxygen atoms in total. The van der Waals surface area contributed by atoms with Gasteiger partial charge in [-0.1, -0.05) is 0 Å². The molecule has 0 atom stereocenters. The van der Waals surface area contributed by atoms with Gasteiger partial charge in [-0.3, -0.25) is 0 Å². The average Bonchev–Trinajstić information content (AvgIpc) is 2.04. The second kappa shape index (κ2) is 3.97. The zero-order chi connectivity index (χ0) is 9.14. The van der Waals surface area contributed by atoms with Crippen LogP contribution in [0.1, 0.15) is 5.56 Å². The summed E-state index contributed by atoms with van der Waals surface area (Å²) in [5.74, 6) is 0. The molecule has 1 aromatic rings. The molecule has 0 saturated carbocycles. The zero-order valence-electron chi connectivity index (χ0n) is 7.24. The molecule has 0 spiro atoms. The van der Waals surface area contributed by atoms with Crippen LogP contribution in [0.4, 0.5) is 5.69 Å². The van der Waals surface area contributed by atoms with E-state index in [0.717, 1.165) is 9.59 Å². The van der Waals surface area contributed by atoms with Crippen molar-refractivity contribution in [2.24, 2.45) is 5.73 Å². The Hall–Kier alpha value is -0.462. The molecular formula is C9H12N2W. The SMILES string of the molecule is CN(C)c1ccc([C](N)=[W])cc1. The Bertz CT molecular complexity index is 277. The number of nitrogens with two attached hydrogens (primary N) is 1. The van der Waals surface area contributed by atoms with Gasteiger partial charge in [-0.05, 0) is 0 Å². The molecule has 2 N–H and O–H groups in total. The van der Waals surface area contributed by atoms with E-state index < -0.39 is 0 Å². The van der Waals surface area contributed by atoms with E-state index in [4.69, 9.17) is 5.73 Å². The summed E-state index contributed by atoms with van der Waals surface area (Å²) < 4.78 is 0.945. The van der Waals surface area contributed by atoms with Gasteiger partial charge in [0.15, 0.2) is 0 Å². The van der Waals surface area contributed by atoms with Gasteiger partial charge in [0.1, 0.15) is 0 Å². The average molecular weight is 332 g/mol. The van der Waals surface area contributed by atoms with Gasteiger partial charge >= 0.3 is 83.6 Å². The fourth-order valence-electron chi connectivity index (χ4n) is 0.924. The number of nitrogens with zero attached hydrogens (tertiary/aromatic N) is 1. The van der Waals surface area contributed by atoms with Crippen LogP contribution < -0.4 is 10.6 Å². The third-order valence-corrected chi connectivity index (χ3v) is 2.52. The van der Waals surface area contributed by atoms with Crippen LogP contribution in [-0.2, 0) is 19.4 Å². The third-order valence-electron chi connectivity index (χ3n) is 1.67. The van der Waals surface area contributed by atoms with Gasteiger partial charge in [-0.25, -0.2) is 0 Å². The fraction of sp³-hybridized carbons (Fsp3) is 0.222. The van der Waals surface area contributed by atoms with Gasteiger partial charge in [0, 0.05) is 0 Å². The molecule has 64 valence electrons. The molecule has 0 amide bonds. The van der Waals surface area contributed by atoms with E-state index >= 15 is 0 Å². The van der Waals surface area contributed by atoms with Gasteiger partial charge in [-0.15, -0.1) is 0 Å². The van der Waals surface area contributed by atoms with Crippen LogP contribution in [0.15, 0.2) is 24.3 Å². The minimum absolute atomic E-state index is 0.945. The molecule has 0 aliphatic rings. The predicted molar refractivity (Wildman–Crippen MR) is 49.1 cm³/mol. The Morgan fingerprint density at radius 3 is 2.08 bits per heavy atom. The van der Waals surface area contributed by atoms with Gasteiger partial charge in [-0.2, -0.15) is 0 Å². The van der Waals surface area contributed by atoms with Crippen molar-refractivity contribution < 1.29 is 19.4 Å². The van der Waals surface area contributed by atoms with Gasteiger partial charge in [0.2, 0.25) is 0 Å². The topological polar surface area (TPSA) is 29.3 Å². The van der Waals surface area contributed by atoms with E-state index in [1.807, 2.05) is 14.1 Å². The molecule has 12 heavy (non-hydrogen) atoms. The summed E-state index contributed by atoms with van der Waals surface area (Å²) in [6, 6.07) is 8.26. The molecule has 1 aromatic carbocycles. The monoisotopic (exact) mass is 332 g/mol. The molecule has 3 heteroatoms. The van der Waals surface area contributed by atoms with Crippen molar-refractivity contribution in [3.63, 3.8) is 0 Å². The van der Waals surface area contributed by atoms with Crippen molar-refractivity contribution in [1.29, 1.82) is 0 Å². The second-order valence-electron chi connectivity index (χ2n) is 2.81. The van der Waals surface area contributed by atoms with Crippen LogP contribution in [-0.4, -0.2) is 18.1 Å². The minimum atomic E-state index is 0.945. The zero-order valence-corrected chi connectivity index (χ0v) is 10.2. The quantitative estimate of drug-likeness (QED) is 0.866. The molecule has 0 aliphatic heterocycles. The van der Waals surface area contributed by atoms with Gasteiger partial charge in [0.05, 0.1) is 0 Å². The van der Waals surface area contributed by atoms with E-state index in [2.05, 4.69) is 29.2 Å². The Kier molecular flexibility index (Phi) is 3.19. The fourth-order valence-corrected chi connectivity index (χ4v) is 1.41. The van der Waals surface area contributed by atoms with Crippen molar-refractivity contribution in [2.45, 2.75) is 0 Å². The number of anilines is 1. The normalized spacial score (nSPS) is 9.58. The van der Waals surface area contributed by atoms with Gasteiger partial charge < -0.3 is 0 Å². The molecule has 0 aromatic heterocycles. The van der Waals surface area contributed by atoms with Crippen LogP contribution in [0.5, 0.6) is 0 Å². The summed E-state index contributed by atoms with van der Waals surface area (Å²) >= 11 is 1.32. The van der Waals surface area contributed by atoms with Crippen LogP contribution in [0, 0.1) is 0 Å². The summed E-state index contributed by atoms with van der Waals surface area (Å²) in [6.45, 7) is 0. The maximum atomic E-state index is 5.68. The number of hydrogen-bond donors (Lipinski definition) is 1. The Labute approximate surface area is 83.8 Å². The summed E-state index contributed by atoms with van der Waals surface area (Å²) in [5.41, 5.74) is 8.02. The van der Waals surface area contributed by atoms with Crippen LogP contribution >= 0.6 is 0 Å². The Morgan fingerprint density at radius 2 is 1.75 bits per heavy atom. The van der Waals surface area contributed by atoms with E-state index in [0.29, 0.717) is 0 Å². The molecule has 0 aliphatic carbocycles. The Balaban J connectivity index is 2.93. The van der Waals surface area contributed by atoms with E-state index in [1.54, 1.807) is 0 Å². The first-order chi connectivity index (χ1) is 5.61. The van der Waals surface area contributed by atoms with Crippen LogP contribution in [0.2, 0.25) is 0 Å². The van der Waals surface area contributed by atoms with Crippen molar-refractivity contribution in [2.75, 3.05) is 19.0 Å². The first-order valence-corrected chi connectivity index (χ1v) is 5.15. The van der Waals surface area contributed by atoms with Gasteiger partial charge in [0.25, 0.3) is 0 Å². The molecule has 0 saturated heterocycles. The summed E-state index contributed by atoms with van der Waals surface area (Å²) in [4.78, 5) is 2.07. The molecule has 0 fully saturated rings. The van der Waals surface area contributed by atoms with Crippen molar-refractivity contribution in [3.8, 4) is 0 Å². The van der Waals surface area contributed by atoms with Crippen LogP contribution in [0.3, 0.4) is 0 Å². The Morgan fingerprint density at radius 1 is 1.25 bits per heavy atom. The summed E-state index contributed by atoms with van der Waals surface area (Å²) in [5, 5.41) is 0. The molecule has 0 heterocycles. The van der Waals surface area contributed by atoms with E-state index in [9.17, 15) is 0 Å². The van der Waals surface area contributed by atoms with E-state index in [-0.39, 0.29) is 0 Å². The third kappa shape index (κ3) is 2.26. The van der Waals surface area contributed by atoms with Crippen molar-refractivity contribution in [3.05, 3.63) is 29.8 Å². The molecule has 0 unspecified atom stereocenters. The first kappa shape index (κ1) is 9.62. The van der Waals surface area contributed by atoms with Crippen LogP contribution in [0.25, 0.3) is 0 Å². The molecule has 0 radical (unpaired) electrons. The van der Waals surface area contributed by atoms with E-state index in [1.165, 1.54) is 25.0 Å². The van der Waals surface area contributed by atoms with Crippen molar-refractivity contribution >= 4 is 9.71 Å². The predicted octanol–water partition coefficient (Wildman–Crippen LogP) is 0.736. The standard InChI is InChI=1S/C9H12N2.W/c1-11(2)9-5-3-8(7-10)4-6-9;/h3-6H,10H2,1-2H3;. The number of rotatable bonds is 2. The molecule has 0 bridgehead atoms.